The lowest BCUT2D eigenvalue weighted by molar-refractivity contribution is -0.451. The molecule has 1 aromatic rings. The van der Waals surface area contributed by atoms with E-state index in [2.05, 4.69) is 20.7 Å². The van der Waals surface area contributed by atoms with Crippen LogP contribution in [0.15, 0.2) is 34.5 Å². The first kappa shape index (κ1) is 30.9. The van der Waals surface area contributed by atoms with E-state index in [1.807, 2.05) is 0 Å². The number of nitrogen functional groups attached to an aromatic ring is 1. The first-order valence-corrected chi connectivity index (χ1v) is 8.62. The van der Waals surface area contributed by atoms with Crippen LogP contribution in [0.5, 0.6) is 5.75 Å². The lowest BCUT2D eigenvalue weighted by atomic mass is 9.91. The number of benzene rings is 1. The van der Waals surface area contributed by atoms with Crippen LogP contribution in [0.2, 0.25) is 0 Å². The molecule has 0 aliphatic carbocycles. The van der Waals surface area contributed by atoms with Gasteiger partial charge in [-0.25, -0.2) is 0 Å². The third kappa shape index (κ3) is 4.68. The van der Waals surface area contributed by atoms with Crippen LogP contribution >= 0.6 is 15.9 Å². The minimum atomic E-state index is -8.64. The van der Waals surface area contributed by atoms with Gasteiger partial charge in [0, 0.05) is 16.2 Å². The van der Waals surface area contributed by atoms with Crippen molar-refractivity contribution in [3.05, 3.63) is 34.5 Å². The van der Waals surface area contributed by atoms with Gasteiger partial charge in [0.05, 0.1) is 0 Å². The number of allylic oxidation sites excluding steroid dienone is 1. The molecule has 0 spiro atoms. The van der Waals surface area contributed by atoms with Crippen molar-refractivity contribution in [3.8, 4) is 5.75 Å². The molecule has 0 atom stereocenters. The minimum Gasteiger partial charge on any atom is -0.430 e. The molecule has 20 heteroatoms. The third-order valence-corrected chi connectivity index (χ3v) is 4.33. The van der Waals surface area contributed by atoms with Crippen molar-refractivity contribution < 1.29 is 79.4 Å². The first-order valence-electron chi connectivity index (χ1n) is 7.83. The van der Waals surface area contributed by atoms with Crippen LogP contribution in [-0.4, -0.2) is 41.7 Å². The van der Waals surface area contributed by atoms with Gasteiger partial charge in [0.15, 0.2) is 0 Å². The van der Waals surface area contributed by atoms with Crippen molar-refractivity contribution in [2.24, 2.45) is 0 Å². The van der Waals surface area contributed by atoms with Crippen LogP contribution in [0.1, 0.15) is 0 Å². The number of nitrogens with two attached hydrogens (primary N) is 1. The Hall–Kier alpha value is -2.15. The molecular formula is C15H5BrF17NO. The smallest absolute Gasteiger partial charge is 0.430 e. The quantitative estimate of drug-likeness (QED) is 0.183. The van der Waals surface area contributed by atoms with Gasteiger partial charge in [0.2, 0.25) is 5.83 Å². The normalized spacial score (nSPS) is 15.7. The van der Waals surface area contributed by atoms with E-state index >= 15 is 0 Å². The third-order valence-electron chi connectivity index (χ3n) is 3.88. The molecule has 35 heavy (non-hydrogen) atoms. The molecule has 0 aliphatic heterocycles. The summed E-state index contributed by atoms with van der Waals surface area (Å²) >= 11 is 2.65. The summed E-state index contributed by atoms with van der Waals surface area (Å²) in [5, 5.41) is 0. The van der Waals surface area contributed by atoms with Crippen LogP contribution < -0.4 is 10.5 Å². The molecule has 2 N–H and O–H groups in total. The number of ether oxygens (including phenoxy) is 1. The number of alkyl halides is 15. The van der Waals surface area contributed by atoms with Crippen LogP contribution in [0, 0.1) is 0 Å². The number of anilines is 1. The summed E-state index contributed by atoms with van der Waals surface area (Å²) < 4.78 is 227. The first-order chi connectivity index (χ1) is 15.2. The van der Waals surface area contributed by atoms with Crippen LogP contribution in [-0.2, 0) is 0 Å². The molecule has 2 nitrogen and oxygen atoms in total. The highest BCUT2D eigenvalue weighted by Crippen LogP contribution is 2.63. The highest BCUT2D eigenvalue weighted by molar-refractivity contribution is 9.10. The molecule has 0 fully saturated rings. The molecular weight excluding hydrogens is 613 g/mol. The Kier molecular flexibility index (Phi) is 7.72. The average molecular weight is 618 g/mol. The standard InChI is InChI=1S/C15H5BrF17NO/c16-4-1-5(34)3-6(2-4)35-8(18)7(17)9(19,20)10(21,22)11(23,24)12(25,26)13(27,28)14(29,30)15(31,32)33/h1-3H,34H2. The van der Waals surface area contributed by atoms with Gasteiger partial charge in [-0.05, 0) is 12.1 Å². The number of hydrogen-bond acceptors (Lipinski definition) is 2. The molecule has 0 aromatic heterocycles. The Morgan fingerprint density at radius 3 is 1.43 bits per heavy atom. The van der Waals surface area contributed by atoms with Gasteiger partial charge >= 0.3 is 47.7 Å². The van der Waals surface area contributed by atoms with Crippen molar-refractivity contribution in [2.45, 2.75) is 41.7 Å². The molecule has 0 radical (unpaired) electrons. The zero-order valence-corrected chi connectivity index (χ0v) is 17.1. The summed E-state index contributed by atoms with van der Waals surface area (Å²) in [5.41, 5.74) is 4.77. The van der Waals surface area contributed by atoms with Crippen molar-refractivity contribution in [3.63, 3.8) is 0 Å². The van der Waals surface area contributed by atoms with Crippen molar-refractivity contribution in [1.29, 1.82) is 0 Å². The second kappa shape index (κ2) is 8.75. The second-order valence-corrected chi connectivity index (χ2v) is 7.27. The maximum atomic E-state index is 13.6. The van der Waals surface area contributed by atoms with E-state index in [1.165, 1.54) is 0 Å². The van der Waals surface area contributed by atoms with Crippen LogP contribution in [0.3, 0.4) is 0 Å². The molecule has 1 rings (SSSR count). The number of hydrogen-bond donors (Lipinski definition) is 1. The lowest BCUT2D eigenvalue weighted by Crippen LogP contribution is -2.72. The summed E-state index contributed by atoms with van der Waals surface area (Å²) in [4.78, 5) is 0. The fraction of sp³-hybridized carbons (Fsp3) is 0.467. The largest absolute Gasteiger partial charge is 0.460 e. The fourth-order valence-corrected chi connectivity index (χ4v) is 2.51. The zero-order valence-electron chi connectivity index (χ0n) is 15.5. The summed E-state index contributed by atoms with van der Waals surface area (Å²) in [5.74, 6) is -55.3. The van der Waals surface area contributed by atoms with E-state index in [4.69, 9.17) is 5.73 Å². The predicted octanol–water partition coefficient (Wildman–Crippen LogP) is 7.89. The van der Waals surface area contributed by atoms with E-state index in [9.17, 15) is 74.6 Å². The molecule has 0 saturated heterocycles. The van der Waals surface area contributed by atoms with Gasteiger partial charge in [0.25, 0.3) is 0 Å². The Balaban J connectivity index is 3.61. The van der Waals surface area contributed by atoms with Crippen molar-refractivity contribution in [2.75, 3.05) is 5.73 Å². The highest BCUT2D eigenvalue weighted by Gasteiger charge is 2.93. The predicted molar refractivity (Wildman–Crippen MR) is 84.2 cm³/mol. The summed E-state index contributed by atoms with van der Waals surface area (Å²) in [6.45, 7) is 0. The van der Waals surface area contributed by atoms with Gasteiger partial charge in [-0.1, -0.05) is 15.9 Å². The van der Waals surface area contributed by atoms with E-state index in [0.717, 1.165) is 6.07 Å². The van der Waals surface area contributed by atoms with Crippen LogP contribution in [0.25, 0.3) is 0 Å². The summed E-state index contributed by atoms with van der Waals surface area (Å²) in [6, 6.07) is -1.50. The van der Waals surface area contributed by atoms with E-state index in [0.29, 0.717) is 12.1 Å². The van der Waals surface area contributed by atoms with E-state index in [1.54, 1.807) is 0 Å². The molecule has 202 valence electrons. The Morgan fingerprint density at radius 1 is 0.629 bits per heavy atom. The molecule has 0 unspecified atom stereocenters. The Bertz CT molecular complexity index is 964. The average Bonchev–Trinajstić information content (AvgIpc) is 2.64. The molecule has 0 bridgehead atoms. The van der Waals surface area contributed by atoms with Crippen molar-refractivity contribution in [1.82, 2.24) is 0 Å². The van der Waals surface area contributed by atoms with E-state index < -0.39 is 65.0 Å². The van der Waals surface area contributed by atoms with Gasteiger partial charge in [-0.3, -0.25) is 0 Å². The SMILES string of the molecule is Nc1cc(Br)cc(OC(F)=C(F)C(F)(F)C(F)(F)C(F)(F)C(F)(F)C(F)(F)C(F)(F)C(F)(F)F)c1. The highest BCUT2D eigenvalue weighted by atomic mass is 79.9. The topological polar surface area (TPSA) is 35.2 Å². The maximum absolute atomic E-state index is 13.6. The summed E-state index contributed by atoms with van der Waals surface area (Å²) in [7, 11) is 0. The minimum absolute atomic E-state index is 0.170. The monoisotopic (exact) mass is 617 g/mol. The van der Waals surface area contributed by atoms with E-state index in [-0.39, 0.29) is 4.47 Å². The second-order valence-electron chi connectivity index (χ2n) is 6.35. The van der Waals surface area contributed by atoms with Gasteiger partial charge in [0.1, 0.15) is 5.75 Å². The molecule has 0 aliphatic rings. The van der Waals surface area contributed by atoms with Crippen molar-refractivity contribution >= 4 is 21.6 Å². The number of halogens is 18. The zero-order chi connectivity index (χ0) is 28.2. The lowest BCUT2D eigenvalue weighted by Gasteiger charge is -2.41. The molecule has 0 heterocycles. The summed E-state index contributed by atoms with van der Waals surface area (Å²) in [6.07, 6.45) is -7.79. The molecule has 1 aromatic carbocycles. The maximum Gasteiger partial charge on any atom is 0.460 e. The van der Waals surface area contributed by atoms with Gasteiger partial charge in [-0.2, -0.15) is 74.6 Å². The van der Waals surface area contributed by atoms with Gasteiger partial charge in [-0.15, -0.1) is 0 Å². The molecule has 0 saturated carbocycles. The number of rotatable bonds is 8. The van der Waals surface area contributed by atoms with Gasteiger partial charge < -0.3 is 10.5 Å². The molecule has 0 amide bonds. The Morgan fingerprint density at radius 2 is 1.03 bits per heavy atom. The fourth-order valence-electron chi connectivity index (χ4n) is 2.02. The Labute approximate surface area is 189 Å². The van der Waals surface area contributed by atoms with Crippen LogP contribution in [0.4, 0.5) is 80.3 Å².